The Balaban J connectivity index is 1.43. The fourth-order valence-corrected chi connectivity index (χ4v) is 4.44. The van der Waals surface area contributed by atoms with Crippen LogP contribution in [0.15, 0.2) is 108 Å². The summed E-state index contributed by atoms with van der Waals surface area (Å²) in [6.07, 6.45) is 3.46. The van der Waals surface area contributed by atoms with Crippen molar-refractivity contribution in [2.24, 2.45) is 0 Å². The van der Waals surface area contributed by atoms with Gasteiger partial charge in [0.2, 0.25) is 11.9 Å². The summed E-state index contributed by atoms with van der Waals surface area (Å²) < 4.78 is 7.35. The van der Waals surface area contributed by atoms with Gasteiger partial charge < -0.3 is 9.32 Å². The molecule has 2 heterocycles. The number of rotatable bonds is 9. The molecule has 3 aromatic carbocycles. The highest BCUT2D eigenvalue weighted by atomic mass is 16.3. The van der Waals surface area contributed by atoms with E-state index in [4.69, 9.17) is 9.40 Å². The minimum Gasteiger partial charge on any atom is -0.467 e. The average molecular weight is 533 g/mol. The zero-order chi connectivity index (χ0) is 28.1. The molecule has 0 unspecified atom stereocenters. The smallest absolute Gasteiger partial charge is 0.254 e. The maximum atomic E-state index is 13.4. The van der Waals surface area contributed by atoms with Crippen molar-refractivity contribution >= 4 is 17.8 Å². The van der Waals surface area contributed by atoms with Gasteiger partial charge in [-0.25, -0.2) is 4.98 Å². The topological polar surface area (TPSA) is 80.4 Å². The molecule has 0 bridgehead atoms. The molecule has 7 nitrogen and oxygen atoms in total. The lowest BCUT2D eigenvalue weighted by Gasteiger charge is -2.21. The Morgan fingerprint density at radius 3 is 2.30 bits per heavy atom. The van der Waals surface area contributed by atoms with Crippen molar-refractivity contribution < 1.29 is 14.0 Å². The monoisotopic (exact) mass is 532 g/mol. The molecular weight excluding hydrogens is 500 g/mol. The van der Waals surface area contributed by atoms with Gasteiger partial charge in [0.15, 0.2) is 0 Å². The van der Waals surface area contributed by atoms with Gasteiger partial charge in [-0.2, -0.15) is 0 Å². The Labute approximate surface area is 234 Å². The number of amides is 2. The second-order valence-electron chi connectivity index (χ2n) is 10.1. The van der Waals surface area contributed by atoms with E-state index in [2.05, 4.69) is 31.3 Å². The molecule has 2 amide bonds. The van der Waals surface area contributed by atoms with Gasteiger partial charge in [0, 0.05) is 23.0 Å². The van der Waals surface area contributed by atoms with Gasteiger partial charge >= 0.3 is 0 Å². The number of nitrogens with one attached hydrogen (secondary N) is 1. The first kappa shape index (κ1) is 26.7. The predicted octanol–water partition coefficient (Wildman–Crippen LogP) is 6.85. The molecule has 0 aliphatic rings. The quantitative estimate of drug-likeness (QED) is 0.225. The highest BCUT2D eigenvalue weighted by Crippen LogP contribution is 2.26. The number of benzene rings is 3. The van der Waals surface area contributed by atoms with Crippen LogP contribution < -0.4 is 5.32 Å². The van der Waals surface area contributed by atoms with Crippen LogP contribution in [0, 0.1) is 6.92 Å². The first-order chi connectivity index (χ1) is 19.4. The summed E-state index contributed by atoms with van der Waals surface area (Å²) in [6, 6.07) is 28.9. The highest BCUT2D eigenvalue weighted by Gasteiger charge is 2.22. The number of hydrogen-bond donors (Lipinski definition) is 1. The van der Waals surface area contributed by atoms with E-state index in [1.807, 2.05) is 72.3 Å². The van der Waals surface area contributed by atoms with Crippen molar-refractivity contribution in [3.8, 4) is 16.9 Å². The second-order valence-corrected chi connectivity index (χ2v) is 10.1. The molecule has 0 aliphatic carbocycles. The Bertz CT molecular complexity index is 1570. The largest absolute Gasteiger partial charge is 0.467 e. The zero-order valence-corrected chi connectivity index (χ0v) is 22.9. The second kappa shape index (κ2) is 11.9. The lowest BCUT2D eigenvalue weighted by Crippen LogP contribution is -2.37. The molecule has 0 atom stereocenters. The molecule has 5 aromatic rings. The third-order valence-electron chi connectivity index (χ3n) is 6.71. The van der Waals surface area contributed by atoms with E-state index in [0.29, 0.717) is 23.2 Å². The van der Waals surface area contributed by atoms with Gasteiger partial charge in [-0.1, -0.05) is 74.0 Å². The number of furan rings is 1. The number of hydrogen-bond acceptors (Lipinski definition) is 4. The number of carbonyl (C=O) groups excluding carboxylic acids is 2. The Morgan fingerprint density at radius 2 is 1.65 bits per heavy atom. The van der Waals surface area contributed by atoms with Crippen LogP contribution in [0.2, 0.25) is 0 Å². The summed E-state index contributed by atoms with van der Waals surface area (Å²) >= 11 is 0. The van der Waals surface area contributed by atoms with Gasteiger partial charge in [0.05, 0.1) is 18.5 Å². The Hall–Kier alpha value is -4.91. The van der Waals surface area contributed by atoms with Gasteiger partial charge in [0.1, 0.15) is 12.3 Å². The highest BCUT2D eigenvalue weighted by molar-refractivity contribution is 5.99. The summed E-state index contributed by atoms with van der Waals surface area (Å²) in [7, 11) is 0. The number of nitrogens with zero attached hydrogens (tertiary/aromatic N) is 3. The van der Waals surface area contributed by atoms with E-state index in [1.54, 1.807) is 30.5 Å². The third-order valence-corrected chi connectivity index (χ3v) is 6.71. The van der Waals surface area contributed by atoms with Crippen LogP contribution in [0.4, 0.5) is 5.95 Å². The van der Waals surface area contributed by atoms with Gasteiger partial charge in [-0.15, -0.1) is 0 Å². The lowest BCUT2D eigenvalue weighted by atomic mass is 10.0. The molecule has 5 rings (SSSR count). The molecule has 0 saturated carbocycles. The van der Waals surface area contributed by atoms with Gasteiger partial charge in [-0.3, -0.25) is 19.5 Å². The van der Waals surface area contributed by atoms with E-state index >= 15 is 0 Å². The SMILES string of the molecule is Cc1ccc(C(=O)N(CC(=O)Nc2nc(-c3ccccc3)cn2-c2ccc(C(C)C)cc2)Cc2ccco2)cc1. The normalized spacial score (nSPS) is 11.0. The van der Waals surface area contributed by atoms with Crippen molar-refractivity contribution in [2.45, 2.75) is 33.2 Å². The van der Waals surface area contributed by atoms with E-state index in [9.17, 15) is 9.59 Å². The molecule has 202 valence electrons. The Kier molecular flexibility index (Phi) is 7.92. The maximum Gasteiger partial charge on any atom is 0.254 e. The number of aromatic nitrogens is 2. The van der Waals surface area contributed by atoms with E-state index < -0.39 is 0 Å². The molecule has 0 aliphatic heterocycles. The molecule has 2 aromatic heterocycles. The Morgan fingerprint density at radius 1 is 0.925 bits per heavy atom. The summed E-state index contributed by atoms with van der Waals surface area (Å²) in [4.78, 5) is 33.1. The first-order valence-corrected chi connectivity index (χ1v) is 13.3. The summed E-state index contributed by atoms with van der Waals surface area (Å²) in [5.41, 5.74) is 5.31. The molecular formula is C33H32N4O3. The molecule has 0 spiro atoms. The van der Waals surface area contributed by atoms with Gasteiger partial charge in [0.25, 0.3) is 5.91 Å². The molecule has 0 saturated heterocycles. The van der Waals surface area contributed by atoms with E-state index in [1.165, 1.54) is 10.5 Å². The van der Waals surface area contributed by atoms with Crippen LogP contribution in [0.1, 0.15) is 47.0 Å². The fraction of sp³-hybridized carbons (Fsp3) is 0.182. The van der Waals surface area contributed by atoms with Crippen LogP contribution in [-0.2, 0) is 11.3 Å². The summed E-state index contributed by atoms with van der Waals surface area (Å²) in [6.45, 7) is 6.25. The molecule has 7 heteroatoms. The van der Waals surface area contributed by atoms with Crippen molar-refractivity contribution in [2.75, 3.05) is 11.9 Å². The van der Waals surface area contributed by atoms with E-state index in [0.717, 1.165) is 22.5 Å². The number of carbonyl (C=O) groups is 2. The number of aryl methyl sites for hydroxylation is 1. The minimum absolute atomic E-state index is 0.160. The van der Waals surface area contributed by atoms with Crippen LogP contribution in [0.5, 0.6) is 0 Å². The average Bonchev–Trinajstić information content (AvgIpc) is 3.63. The lowest BCUT2D eigenvalue weighted by molar-refractivity contribution is -0.117. The van der Waals surface area contributed by atoms with Crippen molar-refractivity contribution in [1.29, 1.82) is 0 Å². The van der Waals surface area contributed by atoms with Gasteiger partial charge in [-0.05, 0) is 54.8 Å². The summed E-state index contributed by atoms with van der Waals surface area (Å²) in [5.74, 6) is 0.747. The molecule has 1 N–H and O–H groups in total. The fourth-order valence-electron chi connectivity index (χ4n) is 4.44. The standard InChI is InChI=1S/C33H32N4O3/c1-23(2)25-15-17-28(18-16-25)37-21-30(26-8-5-4-6-9-26)34-33(37)35-31(38)22-36(20-29-10-7-19-40-29)32(39)27-13-11-24(3)12-14-27/h4-19,21,23H,20,22H2,1-3H3,(H,34,35,38). The first-order valence-electron chi connectivity index (χ1n) is 13.3. The van der Waals surface area contributed by atoms with Crippen molar-refractivity contribution in [3.63, 3.8) is 0 Å². The maximum absolute atomic E-state index is 13.4. The van der Waals surface area contributed by atoms with Crippen molar-refractivity contribution in [3.05, 3.63) is 126 Å². The van der Waals surface area contributed by atoms with Crippen LogP contribution in [0.25, 0.3) is 16.9 Å². The van der Waals surface area contributed by atoms with E-state index in [-0.39, 0.29) is 24.9 Å². The van der Waals surface area contributed by atoms with Crippen LogP contribution >= 0.6 is 0 Å². The zero-order valence-electron chi connectivity index (χ0n) is 22.9. The molecule has 0 radical (unpaired) electrons. The third kappa shape index (κ3) is 6.21. The van der Waals surface area contributed by atoms with Crippen LogP contribution in [-0.4, -0.2) is 32.8 Å². The molecule has 0 fully saturated rings. The van der Waals surface area contributed by atoms with Crippen LogP contribution in [0.3, 0.4) is 0 Å². The molecule has 40 heavy (non-hydrogen) atoms. The summed E-state index contributed by atoms with van der Waals surface area (Å²) in [5, 5.41) is 2.95. The number of anilines is 1. The predicted molar refractivity (Wildman–Crippen MR) is 156 cm³/mol. The minimum atomic E-state index is -0.364. The van der Waals surface area contributed by atoms with Crippen molar-refractivity contribution in [1.82, 2.24) is 14.5 Å². The number of imidazole rings is 1.